The van der Waals surface area contributed by atoms with Crippen LogP contribution in [0.15, 0.2) is 86.7 Å². The number of hydrogen-bond acceptors (Lipinski definition) is 5. The molecule has 7 heteroatoms. The second kappa shape index (κ2) is 7.89. The average molecular weight is 455 g/mol. The lowest BCUT2D eigenvalue weighted by Crippen LogP contribution is -2.11. The summed E-state index contributed by atoms with van der Waals surface area (Å²) in [6, 6.07) is 16.9. The SMILES string of the molecule is O=C(Oc1ccc2c(=O)c(Oc3ccccc3Br)coc2c1)c1ccccc1F. The van der Waals surface area contributed by atoms with Crippen LogP contribution in [0.1, 0.15) is 10.4 Å². The normalized spacial score (nSPS) is 10.7. The van der Waals surface area contributed by atoms with Crippen LogP contribution in [0.25, 0.3) is 11.0 Å². The lowest BCUT2D eigenvalue weighted by Gasteiger charge is -2.08. The Morgan fingerprint density at radius 3 is 2.52 bits per heavy atom. The van der Waals surface area contributed by atoms with Gasteiger partial charge in [0.2, 0.25) is 11.2 Å². The molecule has 0 spiro atoms. The molecule has 0 radical (unpaired) electrons. The maximum Gasteiger partial charge on any atom is 0.346 e. The Balaban J connectivity index is 1.62. The molecule has 0 unspecified atom stereocenters. The lowest BCUT2D eigenvalue weighted by molar-refractivity contribution is 0.0730. The van der Waals surface area contributed by atoms with Crippen LogP contribution in [0.2, 0.25) is 0 Å². The zero-order chi connectivity index (χ0) is 20.4. The first-order chi connectivity index (χ1) is 14.0. The van der Waals surface area contributed by atoms with Gasteiger partial charge in [0.05, 0.1) is 15.4 Å². The van der Waals surface area contributed by atoms with E-state index in [9.17, 15) is 14.0 Å². The second-order valence-corrected chi connectivity index (χ2v) is 6.84. The van der Waals surface area contributed by atoms with E-state index in [1.165, 1.54) is 48.7 Å². The highest BCUT2D eigenvalue weighted by molar-refractivity contribution is 9.10. The number of benzene rings is 3. The molecule has 4 aromatic rings. The fraction of sp³-hybridized carbons (Fsp3) is 0. The predicted octanol–water partition coefficient (Wildman–Crippen LogP) is 5.71. The van der Waals surface area contributed by atoms with E-state index >= 15 is 0 Å². The van der Waals surface area contributed by atoms with Crippen molar-refractivity contribution in [2.24, 2.45) is 0 Å². The first-order valence-electron chi connectivity index (χ1n) is 8.47. The van der Waals surface area contributed by atoms with E-state index in [-0.39, 0.29) is 33.5 Å². The number of fused-ring (bicyclic) bond motifs is 1. The minimum Gasteiger partial charge on any atom is -0.460 e. The molecule has 0 saturated heterocycles. The largest absolute Gasteiger partial charge is 0.460 e. The van der Waals surface area contributed by atoms with E-state index in [1.807, 2.05) is 6.07 Å². The molecule has 0 atom stereocenters. The van der Waals surface area contributed by atoms with Crippen LogP contribution in [0.3, 0.4) is 0 Å². The van der Waals surface area contributed by atoms with E-state index in [1.54, 1.807) is 18.2 Å². The van der Waals surface area contributed by atoms with Crippen LogP contribution in [-0.4, -0.2) is 5.97 Å². The molecule has 0 saturated carbocycles. The summed E-state index contributed by atoms with van der Waals surface area (Å²) in [6.45, 7) is 0. The van der Waals surface area contributed by atoms with Crippen molar-refractivity contribution >= 4 is 32.9 Å². The zero-order valence-corrected chi connectivity index (χ0v) is 16.3. The zero-order valence-electron chi connectivity index (χ0n) is 14.7. The maximum atomic E-state index is 13.7. The van der Waals surface area contributed by atoms with Crippen molar-refractivity contribution in [2.45, 2.75) is 0 Å². The summed E-state index contributed by atoms with van der Waals surface area (Å²) >= 11 is 3.35. The topological polar surface area (TPSA) is 65.7 Å². The molecule has 3 aromatic carbocycles. The van der Waals surface area contributed by atoms with Gasteiger partial charge in [-0.3, -0.25) is 4.79 Å². The van der Waals surface area contributed by atoms with Gasteiger partial charge in [-0.1, -0.05) is 24.3 Å². The summed E-state index contributed by atoms with van der Waals surface area (Å²) in [5.74, 6) is -0.930. The molecular weight excluding hydrogens is 443 g/mol. The molecule has 0 fully saturated rings. The number of hydrogen-bond donors (Lipinski definition) is 0. The molecule has 1 heterocycles. The summed E-state index contributed by atoms with van der Waals surface area (Å²) < 4.78 is 30.7. The molecule has 0 N–H and O–H groups in total. The first kappa shape index (κ1) is 18.9. The predicted molar refractivity (Wildman–Crippen MR) is 108 cm³/mol. The highest BCUT2D eigenvalue weighted by atomic mass is 79.9. The highest BCUT2D eigenvalue weighted by Gasteiger charge is 2.15. The molecule has 0 aliphatic heterocycles. The van der Waals surface area contributed by atoms with Crippen LogP contribution >= 0.6 is 15.9 Å². The summed E-state index contributed by atoms with van der Waals surface area (Å²) in [4.78, 5) is 24.8. The standard InChI is InChI=1S/C22H12BrFO5/c23-16-6-2-4-8-18(16)29-20-12-27-19-11-13(9-10-15(19)21(20)25)28-22(26)14-5-1-3-7-17(14)24/h1-12H. The third-order valence-electron chi connectivity index (χ3n) is 4.08. The number of esters is 1. The van der Waals surface area contributed by atoms with E-state index in [0.29, 0.717) is 10.2 Å². The number of carbonyl (C=O) groups is 1. The van der Waals surface area contributed by atoms with Crippen LogP contribution in [-0.2, 0) is 0 Å². The Morgan fingerprint density at radius 2 is 1.72 bits per heavy atom. The van der Waals surface area contributed by atoms with Gasteiger partial charge in [0.15, 0.2) is 0 Å². The first-order valence-corrected chi connectivity index (χ1v) is 9.27. The molecule has 144 valence electrons. The smallest absolute Gasteiger partial charge is 0.346 e. The van der Waals surface area contributed by atoms with Gasteiger partial charge in [0.25, 0.3) is 0 Å². The van der Waals surface area contributed by atoms with E-state index in [0.717, 1.165) is 0 Å². The van der Waals surface area contributed by atoms with Crippen molar-refractivity contribution in [3.8, 4) is 17.2 Å². The van der Waals surface area contributed by atoms with Gasteiger partial charge in [-0.2, -0.15) is 0 Å². The fourth-order valence-corrected chi connectivity index (χ4v) is 3.03. The Morgan fingerprint density at radius 1 is 0.966 bits per heavy atom. The maximum absolute atomic E-state index is 13.7. The summed E-state index contributed by atoms with van der Waals surface area (Å²) in [6.07, 6.45) is 1.19. The van der Waals surface area contributed by atoms with Crippen molar-refractivity contribution in [3.63, 3.8) is 0 Å². The Bertz CT molecular complexity index is 1280. The van der Waals surface area contributed by atoms with Crippen LogP contribution < -0.4 is 14.9 Å². The molecule has 4 rings (SSSR count). The third-order valence-corrected chi connectivity index (χ3v) is 4.73. The van der Waals surface area contributed by atoms with Gasteiger partial charge < -0.3 is 13.9 Å². The van der Waals surface area contributed by atoms with E-state index in [4.69, 9.17) is 13.9 Å². The van der Waals surface area contributed by atoms with Crippen molar-refractivity contribution in [1.29, 1.82) is 0 Å². The van der Waals surface area contributed by atoms with Gasteiger partial charge in [-0.15, -0.1) is 0 Å². The number of halogens is 2. The molecule has 0 aliphatic carbocycles. The molecular formula is C22H12BrFO5. The van der Waals surface area contributed by atoms with Gasteiger partial charge in [-0.05, 0) is 52.3 Å². The van der Waals surface area contributed by atoms with Crippen molar-refractivity contribution in [1.82, 2.24) is 0 Å². The third kappa shape index (κ3) is 3.90. The van der Waals surface area contributed by atoms with E-state index < -0.39 is 11.8 Å². The van der Waals surface area contributed by atoms with E-state index in [2.05, 4.69) is 15.9 Å². The molecule has 0 bridgehead atoms. The number of rotatable bonds is 4. The number of para-hydroxylation sites is 1. The van der Waals surface area contributed by atoms with Gasteiger partial charge in [-0.25, -0.2) is 9.18 Å². The number of ether oxygens (including phenoxy) is 2. The molecule has 29 heavy (non-hydrogen) atoms. The average Bonchev–Trinajstić information content (AvgIpc) is 2.72. The Kier molecular flexibility index (Phi) is 5.14. The van der Waals surface area contributed by atoms with Crippen LogP contribution in [0.4, 0.5) is 4.39 Å². The highest BCUT2D eigenvalue weighted by Crippen LogP contribution is 2.29. The van der Waals surface area contributed by atoms with Crippen molar-refractivity contribution in [3.05, 3.63) is 99.1 Å². The Labute approximate surface area is 172 Å². The fourth-order valence-electron chi connectivity index (χ4n) is 2.66. The van der Waals surface area contributed by atoms with Crippen LogP contribution in [0.5, 0.6) is 17.2 Å². The minimum absolute atomic E-state index is 0.0144. The van der Waals surface area contributed by atoms with Crippen LogP contribution in [0, 0.1) is 5.82 Å². The Hall–Kier alpha value is -3.45. The van der Waals surface area contributed by atoms with Gasteiger partial charge >= 0.3 is 5.97 Å². The van der Waals surface area contributed by atoms with Gasteiger partial charge in [0.1, 0.15) is 29.2 Å². The number of carbonyl (C=O) groups excluding carboxylic acids is 1. The minimum atomic E-state index is -0.848. The molecule has 0 amide bonds. The second-order valence-electron chi connectivity index (χ2n) is 5.99. The monoisotopic (exact) mass is 454 g/mol. The molecule has 1 aromatic heterocycles. The molecule has 0 aliphatic rings. The summed E-state index contributed by atoms with van der Waals surface area (Å²) in [5, 5.41) is 0.250. The summed E-state index contributed by atoms with van der Waals surface area (Å²) in [7, 11) is 0. The van der Waals surface area contributed by atoms with Crippen molar-refractivity contribution in [2.75, 3.05) is 0 Å². The van der Waals surface area contributed by atoms with Crippen molar-refractivity contribution < 1.29 is 23.1 Å². The lowest BCUT2D eigenvalue weighted by atomic mass is 10.2. The van der Waals surface area contributed by atoms with Gasteiger partial charge in [0, 0.05) is 6.07 Å². The molecule has 5 nitrogen and oxygen atoms in total. The summed E-state index contributed by atoms with van der Waals surface area (Å²) in [5.41, 5.74) is -0.367. The quantitative estimate of drug-likeness (QED) is 0.292.